The van der Waals surface area contributed by atoms with Gasteiger partial charge in [0.15, 0.2) is 5.65 Å². The molecule has 1 aliphatic rings. The van der Waals surface area contributed by atoms with Crippen LogP contribution in [0.25, 0.3) is 11.0 Å². The summed E-state index contributed by atoms with van der Waals surface area (Å²) in [6.07, 6.45) is 7.17. The van der Waals surface area contributed by atoms with Crippen LogP contribution in [-0.2, 0) is 7.05 Å². The van der Waals surface area contributed by atoms with Crippen molar-refractivity contribution in [2.24, 2.45) is 12.8 Å². The first kappa shape index (κ1) is 13.8. The Labute approximate surface area is 122 Å². The van der Waals surface area contributed by atoms with Gasteiger partial charge in [-0.25, -0.2) is 9.78 Å². The van der Waals surface area contributed by atoms with Crippen molar-refractivity contribution in [1.82, 2.24) is 14.8 Å². The number of fused-ring (bicyclic) bond motifs is 1. The predicted molar refractivity (Wildman–Crippen MR) is 79.3 cm³/mol. The van der Waals surface area contributed by atoms with E-state index < -0.39 is 5.97 Å². The Balaban J connectivity index is 2.05. The number of carboxylic acid groups (broad SMARTS) is 1. The van der Waals surface area contributed by atoms with Gasteiger partial charge in [-0.2, -0.15) is 5.10 Å². The average molecular weight is 289 g/mol. The Morgan fingerprint density at radius 3 is 2.90 bits per heavy atom. The fourth-order valence-corrected chi connectivity index (χ4v) is 2.94. The molecule has 4 N–H and O–H groups in total. The number of carbonyl (C=O) groups is 1. The molecular formula is C14H19N5O2. The molecule has 0 radical (unpaired) electrons. The van der Waals surface area contributed by atoms with Gasteiger partial charge >= 0.3 is 5.97 Å². The number of aromatic carboxylic acids is 1. The summed E-state index contributed by atoms with van der Waals surface area (Å²) < 4.78 is 1.63. The van der Waals surface area contributed by atoms with Crippen molar-refractivity contribution in [2.75, 3.05) is 5.32 Å². The van der Waals surface area contributed by atoms with E-state index in [-0.39, 0.29) is 17.6 Å². The second-order valence-electron chi connectivity index (χ2n) is 5.56. The average Bonchev–Trinajstić information content (AvgIpc) is 2.83. The van der Waals surface area contributed by atoms with Gasteiger partial charge in [-0.15, -0.1) is 0 Å². The normalized spacial score (nSPS) is 22.4. The number of hydrogen-bond donors (Lipinski definition) is 3. The third kappa shape index (κ3) is 2.44. The first-order chi connectivity index (χ1) is 10.1. The van der Waals surface area contributed by atoms with Gasteiger partial charge in [0.25, 0.3) is 0 Å². The first-order valence-electron chi connectivity index (χ1n) is 7.14. The van der Waals surface area contributed by atoms with E-state index in [9.17, 15) is 9.90 Å². The van der Waals surface area contributed by atoms with Gasteiger partial charge in [0.05, 0.1) is 17.3 Å². The molecule has 1 saturated carbocycles. The summed E-state index contributed by atoms with van der Waals surface area (Å²) in [5.41, 5.74) is 7.55. The van der Waals surface area contributed by atoms with Crippen LogP contribution in [0.5, 0.6) is 0 Å². The molecule has 1 fully saturated rings. The number of aryl methyl sites for hydroxylation is 1. The molecule has 7 heteroatoms. The molecule has 1 aliphatic carbocycles. The molecule has 2 aromatic heterocycles. The topological polar surface area (TPSA) is 106 Å². The van der Waals surface area contributed by atoms with Crippen molar-refractivity contribution >= 4 is 22.7 Å². The summed E-state index contributed by atoms with van der Waals surface area (Å²) in [6, 6.07) is 0.128. The van der Waals surface area contributed by atoms with Crippen molar-refractivity contribution in [3.05, 3.63) is 18.0 Å². The fraction of sp³-hybridized carbons (Fsp3) is 0.500. The molecule has 112 valence electrons. The number of nitrogens with two attached hydrogens (primary N) is 1. The number of anilines is 1. The van der Waals surface area contributed by atoms with Crippen LogP contribution >= 0.6 is 0 Å². The zero-order valence-corrected chi connectivity index (χ0v) is 11.9. The van der Waals surface area contributed by atoms with E-state index in [1.54, 1.807) is 17.9 Å². The molecule has 2 aromatic rings. The summed E-state index contributed by atoms with van der Waals surface area (Å²) in [7, 11) is 1.78. The van der Waals surface area contributed by atoms with Crippen LogP contribution in [-0.4, -0.2) is 37.9 Å². The van der Waals surface area contributed by atoms with Gasteiger partial charge in [0, 0.05) is 25.3 Å². The smallest absolute Gasteiger partial charge is 0.339 e. The van der Waals surface area contributed by atoms with E-state index in [1.807, 2.05) is 0 Å². The number of pyridine rings is 1. The Morgan fingerprint density at radius 2 is 2.19 bits per heavy atom. The van der Waals surface area contributed by atoms with Crippen molar-refractivity contribution in [3.8, 4) is 0 Å². The van der Waals surface area contributed by atoms with E-state index in [0.717, 1.165) is 31.1 Å². The number of rotatable bonds is 3. The SMILES string of the molecule is Cn1ncc2c(NC3CCCCC3N)c(C(=O)O)cnc21. The molecule has 0 aliphatic heterocycles. The Morgan fingerprint density at radius 1 is 1.43 bits per heavy atom. The first-order valence-corrected chi connectivity index (χ1v) is 7.14. The van der Waals surface area contributed by atoms with E-state index in [1.165, 1.54) is 6.20 Å². The molecule has 0 spiro atoms. The molecule has 0 amide bonds. The molecule has 0 aromatic carbocycles. The maximum absolute atomic E-state index is 11.5. The van der Waals surface area contributed by atoms with Crippen LogP contribution in [0, 0.1) is 0 Å². The van der Waals surface area contributed by atoms with E-state index in [4.69, 9.17) is 5.73 Å². The molecule has 2 heterocycles. The Bertz CT molecular complexity index is 681. The lowest BCUT2D eigenvalue weighted by Crippen LogP contribution is -2.42. The van der Waals surface area contributed by atoms with Crippen LogP contribution in [0.3, 0.4) is 0 Å². The van der Waals surface area contributed by atoms with Crippen LogP contribution in [0.2, 0.25) is 0 Å². The quantitative estimate of drug-likeness (QED) is 0.787. The fourth-order valence-electron chi connectivity index (χ4n) is 2.94. The monoisotopic (exact) mass is 289 g/mol. The lowest BCUT2D eigenvalue weighted by Gasteiger charge is -2.30. The molecular weight excluding hydrogens is 270 g/mol. The van der Waals surface area contributed by atoms with Crippen molar-refractivity contribution in [1.29, 1.82) is 0 Å². The Kier molecular flexibility index (Phi) is 3.50. The van der Waals surface area contributed by atoms with Crippen molar-refractivity contribution < 1.29 is 9.90 Å². The summed E-state index contributed by atoms with van der Waals surface area (Å²) in [6.45, 7) is 0. The Hall–Kier alpha value is -2.15. The molecule has 2 atom stereocenters. The second kappa shape index (κ2) is 5.33. The lowest BCUT2D eigenvalue weighted by molar-refractivity contribution is 0.0697. The zero-order valence-electron chi connectivity index (χ0n) is 11.9. The second-order valence-corrected chi connectivity index (χ2v) is 5.56. The molecule has 21 heavy (non-hydrogen) atoms. The molecule has 7 nitrogen and oxygen atoms in total. The highest BCUT2D eigenvalue weighted by atomic mass is 16.4. The third-order valence-electron chi connectivity index (χ3n) is 4.14. The van der Waals surface area contributed by atoms with E-state index in [0.29, 0.717) is 11.3 Å². The number of aromatic nitrogens is 3. The van der Waals surface area contributed by atoms with Crippen LogP contribution < -0.4 is 11.1 Å². The van der Waals surface area contributed by atoms with Gasteiger partial charge in [-0.3, -0.25) is 4.68 Å². The van der Waals surface area contributed by atoms with E-state index in [2.05, 4.69) is 15.4 Å². The van der Waals surface area contributed by atoms with Crippen LogP contribution in [0.4, 0.5) is 5.69 Å². The largest absolute Gasteiger partial charge is 0.478 e. The number of nitrogens with one attached hydrogen (secondary N) is 1. The van der Waals surface area contributed by atoms with Gasteiger partial charge in [0.2, 0.25) is 0 Å². The predicted octanol–water partition coefficient (Wildman–Crippen LogP) is 1.35. The van der Waals surface area contributed by atoms with Gasteiger partial charge < -0.3 is 16.2 Å². The van der Waals surface area contributed by atoms with Gasteiger partial charge in [-0.05, 0) is 12.8 Å². The minimum Gasteiger partial charge on any atom is -0.478 e. The highest BCUT2D eigenvalue weighted by Crippen LogP contribution is 2.29. The standard InChI is InChI=1S/C14H19N5O2/c1-19-13-8(7-17-19)12(9(6-16-13)14(20)21)18-11-5-3-2-4-10(11)15/h6-7,10-11H,2-5,15H2,1H3,(H,16,18)(H,20,21). The minimum absolute atomic E-state index is 0.0419. The maximum Gasteiger partial charge on any atom is 0.339 e. The summed E-state index contributed by atoms with van der Waals surface area (Å²) >= 11 is 0. The van der Waals surface area contributed by atoms with E-state index >= 15 is 0 Å². The van der Waals surface area contributed by atoms with Crippen molar-refractivity contribution in [3.63, 3.8) is 0 Å². The summed E-state index contributed by atoms with van der Waals surface area (Å²) in [5, 5.41) is 17.6. The number of carboxylic acids is 1. The highest BCUT2D eigenvalue weighted by molar-refractivity contribution is 6.03. The molecule has 3 rings (SSSR count). The third-order valence-corrected chi connectivity index (χ3v) is 4.14. The van der Waals surface area contributed by atoms with Crippen LogP contribution in [0.1, 0.15) is 36.0 Å². The van der Waals surface area contributed by atoms with Gasteiger partial charge in [0.1, 0.15) is 5.56 Å². The minimum atomic E-state index is -1.000. The molecule has 2 unspecified atom stereocenters. The van der Waals surface area contributed by atoms with Crippen molar-refractivity contribution in [2.45, 2.75) is 37.8 Å². The number of hydrogen-bond acceptors (Lipinski definition) is 5. The summed E-state index contributed by atoms with van der Waals surface area (Å²) in [4.78, 5) is 15.6. The number of nitrogens with zero attached hydrogens (tertiary/aromatic N) is 3. The lowest BCUT2D eigenvalue weighted by atomic mass is 9.90. The van der Waals surface area contributed by atoms with Crippen LogP contribution in [0.15, 0.2) is 12.4 Å². The molecule has 0 bridgehead atoms. The molecule has 0 saturated heterocycles. The maximum atomic E-state index is 11.5. The summed E-state index contributed by atoms with van der Waals surface area (Å²) in [5.74, 6) is -1.000. The highest BCUT2D eigenvalue weighted by Gasteiger charge is 2.25. The van der Waals surface area contributed by atoms with Gasteiger partial charge in [-0.1, -0.05) is 12.8 Å². The zero-order chi connectivity index (χ0) is 15.0.